The molecule has 0 rings (SSSR count). The molecule has 11 heteroatoms. The molecule has 0 aromatic carbocycles. The van der Waals surface area contributed by atoms with E-state index in [9.17, 15) is 34.8 Å². The van der Waals surface area contributed by atoms with Crippen LogP contribution >= 0.6 is 0 Å². The van der Waals surface area contributed by atoms with E-state index in [0.717, 1.165) is 20.8 Å². The number of hydroxylamine groups is 3. The van der Waals surface area contributed by atoms with Crippen LogP contribution in [0.25, 0.3) is 0 Å². The first kappa shape index (κ1) is 21.2. The Morgan fingerprint density at radius 1 is 0.870 bits per heavy atom. The Hall–Kier alpha value is -1.79. The summed E-state index contributed by atoms with van der Waals surface area (Å²) in [5.41, 5.74) is -2.82. The van der Waals surface area contributed by atoms with Crippen LogP contribution in [-0.4, -0.2) is 77.5 Å². The molecule has 11 nitrogen and oxygen atoms in total. The fourth-order valence-electron chi connectivity index (χ4n) is 2.27. The predicted octanol–water partition coefficient (Wildman–Crippen LogP) is -1.48. The Balaban J connectivity index is 6.20. The molecule has 0 heterocycles. The maximum Gasteiger partial charge on any atom is 0.343 e. The van der Waals surface area contributed by atoms with E-state index in [0.29, 0.717) is 0 Å². The van der Waals surface area contributed by atoms with Crippen molar-refractivity contribution >= 4 is 17.9 Å². The van der Waals surface area contributed by atoms with Crippen molar-refractivity contribution in [3.63, 3.8) is 0 Å². The van der Waals surface area contributed by atoms with E-state index in [1.807, 2.05) is 0 Å². The number of nitrogens with zero attached hydrogens (tertiary/aromatic N) is 1. The summed E-state index contributed by atoms with van der Waals surface area (Å²) >= 11 is 0. The maximum absolute atomic E-state index is 11.5. The summed E-state index contributed by atoms with van der Waals surface area (Å²) in [4.78, 5) is 38.6. The summed E-state index contributed by atoms with van der Waals surface area (Å²) in [6.07, 6.45) is -7.62. The topological polar surface area (TPSA) is 182 Å². The maximum atomic E-state index is 11.5. The van der Waals surface area contributed by atoms with Gasteiger partial charge in [-0.1, -0.05) is 0 Å². The van der Waals surface area contributed by atoms with Crippen LogP contribution < -0.4 is 0 Å². The van der Waals surface area contributed by atoms with Crippen LogP contribution in [-0.2, 0) is 19.2 Å². The highest BCUT2D eigenvalue weighted by Crippen LogP contribution is 2.33. The van der Waals surface area contributed by atoms with Crippen molar-refractivity contribution in [1.29, 1.82) is 0 Å². The zero-order valence-electron chi connectivity index (χ0n) is 12.9. The summed E-state index contributed by atoms with van der Waals surface area (Å²) in [5.74, 6) is -5.27. The van der Waals surface area contributed by atoms with Crippen molar-refractivity contribution in [2.24, 2.45) is 0 Å². The third kappa shape index (κ3) is 4.59. The fraction of sp³-hybridized carbons (Fsp3) is 0.750. The Morgan fingerprint density at radius 3 is 1.35 bits per heavy atom. The number of quaternary nitrogens is 1. The van der Waals surface area contributed by atoms with Gasteiger partial charge in [-0.25, -0.2) is 4.79 Å². The number of hydrogen-bond donors (Lipinski definition) is 6. The Morgan fingerprint density at radius 2 is 1.17 bits per heavy atom. The molecule has 134 valence electrons. The van der Waals surface area contributed by atoms with Gasteiger partial charge >= 0.3 is 17.9 Å². The van der Waals surface area contributed by atoms with Crippen LogP contribution in [0.1, 0.15) is 33.6 Å². The van der Waals surface area contributed by atoms with E-state index in [1.54, 1.807) is 0 Å². The quantitative estimate of drug-likeness (QED) is 0.156. The molecule has 6 N–H and O–H groups in total. The smallest absolute Gasteiger partial charge is 0.343 e. The first-order chi connectivity index (χ1) is 10.3. The summed E-state index contributed by atoms with van der Waals surface area (Å²) in [7, 11) is 0. The van der Waals surface area contributed by atoms with Gasteiger partial charge in [0.2, 0.25) is 24.3 Å². The Bertz CT molecular complexity index is 421. The average molecular weight is 340 g/mol. The standard InChI is InChI=1S/C12H21NO10/c1-6(14)13(7(2)15,8(3)16)23-12(11(21)22,4-9(17)18)5-10(19)20/h6-8,14-16H,4-5H2,1-3H3,(H2-,17,18,19,20,21,22)/p+1. The van der Waals surface area contributed by atoms with Gasteiger partial charge in [0.15, 0.2) is 0 Å². The molecule has 0 aliphatic rings. The lowest BCUT2D eigenvalue weighted by Crippen LogP contribution is -2.69. The minimum atomic E-state index is -2.82. The summed E-state index contributed by atoms with van der Waals surface area (Å²) in [6, 6.07) is 0. The highest BCUT2D eigenvalue weighted by Gasteiger charge is 2.57. The molecular formula is C12H22NO10+. The predicted molar refractivity (Wildman–Crippen MR) is 71.3 cm³/mol. The minimum Gasteiger partial charge on any atom is -0.481 e. The minimum absolute atomic E-state index is 1.06. The summed E-state index contributed by atoms with van der Waals surface area (Å²) in [6.45, 7) is 3.19. The Labute approximate surface area is 131 Å². The third-order valence-corrected chi connectivity index (χ3v) is 3.35. The number of carboxylic acids is 3. The zero-order valence-corrected chi connectivity index (χ0v) is 12.9. The van der Waals surface area contributed by atoms with Crippen molar-refractivity contribution in [2.75, 3.05) is 0 Å². The van der Waals surface area contributed by atoms with Gasteiger partial charge in [-0.15, -0.1) is 4.65 Å². The van der Waals surface area contributed by atoms with E-state index in [-0.39, 0.29) is 0 Å². The normalized spacial score (nSPS) is 18.5. The van der Waals surface area contributed by atoms with E-state index in [1.165, 1.54) is 0 Å². The zero-order chi connectivity index (χ0) is 18.6. The van der Waals surface area contributed by atoms with Crippen molar-refractivity contribution in [1.82, 2.24) is 0 Å². The van der Waals surface area contributed by atoms with E-state index in [2.05, 4.69) is 0 Å². The first-order valence-corrected chi connectivity index (χ1v) is 6.62. The van der Waals surface area contributed by atoms with E-state index in [4.69, 9.17) is 15.1 Å². The second-order valence-electron chi connectivity index (χ2n) is 5.19. The molecular weight excluding hydrogens is 318 g/mol. The van der Waals surface area contributed by atoms with Gasteiger partial charge in [0.05, 0.1) is 12.8 Å². The number of aliphatic hydroxyl groups is 3. The van der Waals surface area contributed by atoms with E-state index >= 15 is 0 Å². The van der Waals surface area contributed by atoms with Crippen molar-refractivity contribution in [2.45, 2.75) is 57.9 Å². The molecule has 0 aromatic rings. The third-order valence-electron chi connectivity index (χ3n) is 3.35. The second-order valence-corrected chi connectivity index (χ2v) is 5.19. The van der Waals surface area contributed by atoms with Gasteiger partial charge in [-0.3, -0.25) is 9.59 Å². The molecule has 0 aromatic heterocycles. The second kappa shape index (κ2) is 7.66. The molecule has 0 amide bonds. The van der Waals surface area contributed by atoms with Crippen molar-refractivity contribution in [3.05, 3.63) is 0 Å². The van der Waals surface area contributed by atoms with Crippen molar-refractivity contribution in [3.8, 4) is 0 Å². The lowest BCUT2D eigenvalue weighted by atomic mass is 9.95. The number of aliphatic carboxylic acids is 3. The number of carbonyl (C=O) groups is 3. The van der Waals surface area contributed by atoms with E-state index < -0.39 is 59.7 Å². The molecule has 0 bridgehead atoms. The van der Waals surface area contributed by atoms with Gasteiger partial charge < -0.3 is 30.6 Å². The van der Waals surface area contributed by atoms with Crippen LogP contribution in [0.5, 0.6) is 0 Å². The molecule has 3 unspecified atom stereocenters. The first-order valence-electron chi connectivity index (χ1n) is 6.62. The fourth-order valence-corrected chi connectivity index (χ4v) is 2.27. The molecule has 3 atom stereocenters. The van der Waals surface area contributed by atoms with Gasteiger partial charge in [-0.2, -0.15) is 4.84 Å². The molecule has 0 radical (unpaired) electrons. The number of aliphatic hydroxyl groups excluding tert-OH is 3. The van der Waals surface area contributed by atoms with Gasteiger partial charge in [0.1, 0.15) is 0 Å². The van der Waals surface area contributed by atoms with Gasteiger partial charge in [-0.05, 0) is 0 Å². The molecule has 0 saturated carbocycles. The highest BCUT2D eigenvalue weighted by atomic mass is 16.8. The number of rotatable bonds is 10. The molecule has 0 fully saturated rings. The van der Waals surface area contributed by atoms with Crippen LogP contribution in [0.3, 0.4) is 0 Å². The van der Waals surface area contributed by atoms with Crippen molar-refractivity contribution < 1.29 is 54.5 Å². The number of carboxylic acid groups (broad SMARTS) is 3. The molecule has 0 saturated heterocycles. The van der Waals surface area contributed by atoms with Crippen LogP contribution in [0.15, 0.2) is 0 Å². The molecule has 0 spiro atoms. The molecule has 0 aliphatic carbocycles. The summed E-state index contributed by atoms with van der Waals surface area (Å²) in [5, 5.41) is 56.7. The number of hydrogen-bond acceptors (Lipinski definition) is 7. The van der Waals surface area contributed by atoms with Gasteiger partial charge in [0.25, 0.3) is 0 Å². The molecule has 0 aliphatic heterocycles. The van der Waals surface area contributed by atoms with Crippen LogP contribution in [0, 0.1) is 0 Å². The lowest BCUT2D eigenvalue weighted by molar-refractivity contribution is -1.20. The Kier molecular flexibility index (Phi) is 7.06. The van der Waals surface area contributed by atoms with Gasteiger partial charge in [0, 0.05) is 20.8 Å². The van der Waals surface area contributed by atoms with Crippen LogP contribution in [0.4, 0.5) is 0 Å². The molecule has 23 heavy (non-hydrogen) atoms. The highest BCUT2D eigenvalue weighted by molar-refractivity contribution is 5.88. The van der Waals surface area contributed by atoms with Crippen LogP contribution in [0.2, 0.25) is 0 Å². The monoisotopic (exact) mass is 340 g/mol. The largest absolute Gasteiger partial charge is 0.481 e. The average Bonchev–Trinajstić information content (AvgIpc) is 2.32. The SMILES string of the molecule is CC(O)[N+](OC(CC(=O)O)(CC(=O)O)C(=O)O)(C(C)O)C(C)O. The lowest BCUT2D eigenvalue weighted by Gasteiger charge is -2.45. The summed E-state index contributed by atoms with van der Waals surface area (Å²) < 4.78 is -1.49.